The molecule has 0 spiro atoms. The highest BCUT2D eigenvalue weighted by Crippen LogP contribution is 2.54. The summed E-state index contributed by atoms with van der Waals surface area (Å²) < 4.78 is 2.71. The van der Waals surface area contributed by atoms with Crippen molar-refractivity contribution >= 4 is 59.1 Å². The first-order chi connectivity index (χ1) is 22.6. The zero-order valence-electron chi connectivity index (χ0n) is 26.0. The van der Waals surface area contributed by atoms with Crippen LogP contribution in [0.1, 0.15) is 42.5 Å². The molecule has 1 heteroatoms. The van der Waals surface area contributed by atoms with Crippen molar-refractivity contribution in [1.82, 2.24) is 0 Å². The first-order valence-electron chi connectivity index (χ1n) is 16.4. The Labute approximate surface area is 273 Å². The van der Waals surface area contributed by atoms with Crippen molar-refractivity contribution in [2.45, 2.75) is 32.1 Å². The summed E-state index contributed by atoms with van der Waals surface area (Å²) >= 11 is 1.90. The summed E-state index contributed by atoms with van der Waals surface area (Å²) in [6.07, 6.45) is 6.91. The lowest BCUT2D eigenvalue weighted by atomic mass is 9.77. The normalized spacial score (nSPS) is 14.7. The van der Waals surface area contributed by atoms with Crippen LogP contribution < -0.4 is 0 Å². The first kappa shape index (κ1) is 26.3. The van der Waals surface area contributed by atoms with Crippen LogP contribution in [0.25, 0.3) is 81.2 Å². The van der Waals surface area contributed by atoms with E-state index in [4.69, 9.17) is 0 Å². The molecular weight excluding hydrogens is 573 g/mol. The van der Waals surface area contributed by atoms with E-state index in [9.17, 15) is 0 Å². The predicted octanol–water partition coefficient (Wildman–Crippen LogP) is 13.0. The van der Waals surface area contributed by atoms with E-state index in [1.54, 1.807) is 0 Å². The third kappa shape index (κ3) is 3.50. The highest BCUT2D eigenvalue weighted by Gasteiger charge is 2.37. The Balaban J connectivity index is 1.26. The molecule has 8 aromatic rings. The van der Waals surface area contributed by atoms with Gasteiger partial charge in [-0.25, -0.2) is 0 Å². The van der Waals surface area contributed by atoms with E-state index in [1.165, 1.54) is 97.4 Å². The highest BCUT2D eigenvalue weighted by molar-refractivity contribution is 7.25. The molecule has 7 aromatic carbocycles. The van der Waals surface area contributed by atoms with Crippen molar-refractivity contribution < 1.29 is 0 Å². The molecule has 1 aromatic heterocycles. The maximum absolute atomic E-state index is 2.53. The molecule has 2 aliphatic rings. The molecule has 0 amide bonds. The zero-order valence-corrected chi connectivity index (χ0v) is 26.8. The van der Waals surface area contributed by atoms with E-state index in [-0.39, 0.29) is 5.41 Å². The molecule has 0 bridgehead atoms. The van der Waals surface area contributed by atoms with Gasteiger partial charge in [0.1, 0.15) is 0 Å². The maximum atomic E-state index is 2.53. The summed E-state index contributed by atoms with van der Waals surface area (Å²) in [6.45, 7) is 4.83. The Morgan fingerprint density at radius 2 is 1.30 bits per heavy atom. The maximum Gasteiger partial charge on any atom is 0.0361 e. The Morgan fingerprint density at radius 1 is 0.587 bits per heavy atom. The summed E-state index contributed by atoms with van der Waals surface area (Å²) in [5, 5.41) is 8.11. The van der Waals surface area contributed by atoms with Crippen molar-refractivity contribution in [3.63, 3.8) is 0 Å². The number of thiophene rings is 1. The van der Waals surface area contributed by atoms with Gasteiger partial charge in [-0.05, 0) is 108 Å². The second-order valence-electron chi connectivity index (χ2n) is 13.5. The zero-order chi connectivity index (χ0) is 30.6. The molecular formula is C45H32S. The number of rotatable bonds is 2. The van der Waals surface area contributed by atoms with Gasteiger partial charge in [-0.1, -0.05) is 129 Å². The van der Waals surface area contributed by atoms with E-state index in [2.05, 4.69) is 147 Å². The van der Waals surface area contributed by atoms with Gasteiger partial charge in [0.25, 0.3) is 0 Å². The minimum atomic E-state index is -0.0904. The van der Waals surface area contributed by atoms with Gasteiger partial charge in [0.05, 0.1) is 0 Å². The van der Waals surface area contributed by atoms with E-state index >= 15 is 0 Å². The Morgan fingerprint density at radius 3 is 2.17 bits per heavy atom. The molecule has 2 aliphatic carbocycles. The average molecular weight is 605 g/mol. The summed E-state index contributed by atoms with van der Waals surface area (Å²) in [4.78, 5) is 0. The Bertz CT molecular complexity index is 2610. The third-order valence-corrected chi connectivity index (χ3v) is 11.8. The molecule has 0 aliphatic heterocycles. The molecule has 0 saturated carbocycles. The number of allylic oxidation sites excluding steroid dienone is 1. The van der Waals surface area contributed by atoms with Gasteiger partial charge in [-0.2, -0.15) is 0 Å². The van der Waals surface area contributed by atoms with Gasteiger partial charge in [0.2, 0.25) is 0 Å². The molecule has 1 heterocycles. The highest BCUT2D eigenvalue weighted by atomic mass is 32.1. The molecule has 0 unspecified atom stereocenters. The van der Waals surface area contributed by atoms with Crippen molar-refractivity contribution in [3.8, 4) is 33.4 Å². The molecule has 218 valence electrons. The number of hydrogen-bond acceptors (Lipinski definition) is 1. The first-order valence-corrected chi connectivity index (χ1v) is 17.2. The van der Waals surface area contributed by atoms with Crippen LogP contribution in [0.4, 0.5) is 0 Å². The second-order valence-corrected chi connectivity index (χ2v) is 14.6. The Kier molecular flexibility index (Phi) is 5.43. The van der Waals surface area contributed by atoms with Crippen LogP contribution in [0.15, 0.2) is 127 Å². The molecule has 0 fully saturated rings. The molecule has 0 saturated heterocycles. The van der Waals surface area contributed by atoms with Crippen molar-refractivity contribution in [1.29, 1.82) is 0 Å². The second kappa shape index (κ2) is 9.52. The fraction of sp³-hybridized carbons (Fsp3) is 0.111. The summed E-state index contributed by atoms with van der Waals surface area (Å²) in [5.41, 5.74) is 13.9. The van der Waals surface area contributed by atoms with Crippen molar-refractivity contribution in [2.75, 3.05) is 0 Å². The van der Waals surface area contributed by atoms with Gasteiger partial charge >= 0.3 is 0 Å². The molecule has 0 atom stereocenters. The number of hydrogen-bond donors (Lipinski definition) is 0. The lowest BCUT2D eigenvalue weighted by Crippen LogP contribution is -2.15. The van der Waals surface area contributed by atoms with E-state index in [0.29, 0.717) is 0 Å². The van der Waals surface area contributed by atoms with Gasteiger partial charge in [0, 0.05) is 25.6 Å². The van der Waals surface area contributed by atoms with Crippen LogP contribution in [0.5, 0.6) is 0 Å². The smallest absolute Gasteiger partial charge is 0.0361 e. The molecule has 46 heavy (non-hydrogen) atoms. The van der Waals surface area contributed by atoms with E-state index in [1.807, 2.05) is 11.3 Å². The number of benzene rings is 7. The fourth-order valence-electron chi connectivity index (χ4n) is 8.74. The summed E-state index contributed by atoms with van der Waals surface area (Å²) in [5.74, 6) is 0. The Hall–Kier alpha value is -4.98. The lowest BCUT2D eigenvalue weighted by molar-refractivity contribution is 0.666. The summed E-state index contributed by atoms with van der Waals surface area (Å²) in [7, 11) is 0. The largest absolute Gasteiger partial charge is 0.135 e. The van der Waals surface area contributed by atoms with Crippen LogP contribution in [0, 0.1) is 0 Å². The van der Waals surface area contributed by atoms with Crippen LogP contribution in [-0.2, 0) is 11.8 Å². The van der Waals surface area contributed by atoms with Gasteiger partial charge in [-0.3, -0.25) is 0 Å². The lowest BCUT2D eigenvalue weighted by Gasteiger charge is -2.26. The molecule has 0 N–H and O–H groups in total. The van der Waals surface area contributed by atoms with Crippen molar-refractivity contribution in [2.24, 2.45) is 0 Å². The van der Waals surface area contributed by atoms with E-state index in [0.717, 1.165) is 12.8 Å². The molecule has 10 rings (SSSR count). The SMILES string of the molecule is CC1(C)c2cc(-c3c4c(c(-c5cccc6sc7ccccc7c56)c5ccccc35)C=CCC4)ccc2-c2ccc3ccccc3c21. The average Bonchev–Trinajstić information content (AvgIpc) is 3.59. The van der Waals surface area contributed by atoms with Crippen LogP contribution in [0.2, 0.25) is 0 Å². The minimum Gasteiger partial charge on any atom is -0.135 e. The van der Waals surface area contributed by atoms with Gasteiger partial charge < -0.3 is 0 Å². The summed E-state index contributed by atoms with van der Waals surface area (Å²) in [6, 6.07) is 45.8. The molecule has 0 nitrogen and oxygen atoms in total. The number of fused-ring (bicyclic) bond motifs is 10. The predicted molar refractivity (Wildman–Crippen MR) is 200 cm³/mol. The quantitative estimate of drug-likeness (QED) is 0.184. The van der Waals surface area contributed by atoms with Gasteiger partial charge in [0.15, 0.2) is 0 Å². The van der Waals surface area contributed by atoms with E-state index < -0.39 is 0 Å². The monoisotopic (exact) mass is 604 g/mol. The van der Waals surface area contributed by atoms with Crippen molar-refractivity contribution in [3.05, 3.63) is 150 Å². The van der Waals surface area contributed by atoms with Crippen LogP contribution in [0.3, 0.4) is 0 Å². The van der Waals surface area contributed by atoms with Crippen LogP contribution in [-0.4, -0.2) is 0 Å². The standard InChI is InChI=1S/C45H32S/c1-45(2)38-26-28(23-24-30(38)35-25-22-27-12-3-4-13-29(27)44(35)45)41-31-14-5-7-16-33(31)42(34-17-8-6-15-32(34)41)37-19-11-21-40-43(37)36-18-9-10-20-39(36)46-40/h3-5,7-14,16-26H,6,15H2,1-2H3. The third-order valence-electron chi connectivity index (χ3n) is 10.7. The fourth-order valence-corrected chi connectivity index (χ4v) is 9.88. The topological polar surface area (TPSA) is 0 Å². The molecule has 0 radical (unpaired) electrons. The minimum absolute atomic E-state index is 0.0904. The van der Waals surface area contributed by atoms with Crippen LogP contribution >= 0.6 is 11.3 Å². The van der Waals surface area contributed by atoms with Gasteiger partial charge in [-0.15, -0.1) is 11.3 Å².